The number of rotatable bonds is 3. The van der Waals surface area contributed by atoms with Crippen molar-refractivity contribution in [2.45, 2.75) is 0 Å². The van der Waals surface area contributed by atoms with Gasteiger partial charge in [-0.05, 0) is 35.0 Å². The average Bonchev–Trinajstić information content (AvgIpc) is 2.86. The largest absolute Gasteiger partial charge is 0.388 e. The summed E-state index contributed by atoms with van der Waals surface area (Å²) in [5.74, 6) is 0.574. The van der Waals surface area contributed by atoms with E-state index in [1.807, 2.05) is 6.07 Å². The van der Waals surface area contributed by atoms with Crippen molar-refractivity contribution < 1.29 is 0 Å². The molecule has 0 atom stereocenters. The van der Waals surface area contributed by atoms with Crippen LogP contribution < -0.4 is 11.1 Å². The van der Waals surface area contributed by atoms with E-state index in [4.69, 9.17) is 18.0 Å². The zero-order valence-corrected chi connectivity index (χ0v) is 11.5. The molecule has 0 aliphatic carbocycles. The van der Waals surface area contributed by atoms with Gasteiger partial charge in [-0.2, -0.15) is 0 Å². The Bertz CT molecular complexity index is 751. The highest BCUT2D eigenvalue weighted by Gasteiger charge is 2.08. The third-order valence-corrected chi connectivity index (χ3v) is 3.74. The number of anilines is 2. The topological polar surface area (TPSA) is 63.8 Å². The molecule has 6 heteroatoms. The highest BCUT2D eigenvalue weighted by atomic mass is 32.1. The number of aromatic nitrogens is 2. The molecular weight excluding hydrogens is 276 g/mol. The summed E-state index contributed by atoms with van der Waals surface area (Å²) in [6.07, 6.45) is 3.18. The Labute approximate surface area is 119 Å². The van der Waals surface area contributed by atoms with Crippen LogP contribution in [0.25, 0.3) is 10.1 Å². The summed E-state index contributed by atoms with van der Waals surface area (Å²) in [6, 6.07) is 8.20. The van der Waals surface area contributed by atoms with Gasteiger partial charge in [-0.15, -0.1) is 11.3 Å². The summed E-state index contributed by atoms with van der Waals surface area (Å²) in [7, 11) is 0. The zero-order chi connectivity index (χ0) is 13.2. The van der Waals surface area contributed by atoms with Gasteiger partial charge in [-0.25, -0.2) is 9.97 Å². The second-order valence-corrected chi connectivity index (χ2v) is 5.30. The molecule has 0 radical (unpaired) electrons. The van der Waals surface area contributed by atoms with E-state index >= 15 is 0 Å². The normalized spacial score (nSPS) is 10.5. The fraction of sp³-hybridized carbons (Fsp3) is 0. The number of thiophene rings is 1. The summed E-state index contributed by atoms with van der Waals surface area (Å²) in [6.45, 7) is 0. The fourth-order valence-corrected chi connectivity index (χ4v) is 2.71. The molecule has 0 aliphatic heterocycles. The maximum absolute atomic E-state index is 5.63. The number of hydrogen-bond acceptors (Lipinski definition) is 5. The van der Waals surface area contributed by atoms with E-state index in [9.17, 15) is 0 Å². The molecule has 1 aromatic carbocycles. The lowest BCUT2D eigenvalue weighted by atomic mass is 10.2. The fourth-order valence-electron chi connectivity index (χ4n) is 1.79. The van der Waals surface area contributed by atoms with Gasteiger partial charge in [-0.1, -0.05) is 12.2 Å². The van der Waals surface area contributed by atoms with E-state index in [0.29, 0.717) is 11.5 Å². The van der Waals surface area contributed by atoms with Crippen LogP contribution in [-0.2, 0) is 0 Å². The van der Waals surface area contributed by atoms with E-state index in [0.717, 1.165) is 5.69 Å². The highest BCUT2D eigenvalue weighted by molar-refractivity contribution is 7.80. The van der Waals surface area contributed by atoms with Gasteiger partial charge in [0.15, 0.2) is 5.82 Å². The molecule has 2 heterocycles. The molecule has 2 aromatic heterocycles. The third-order valence-electron chi connectivity index (χ3n) is 2.65. The molecule has 3 rings (SSSR count). The van der Waals surface area contributed by atoms with Gasteiger partial charge in [0.25, 0.3) is 0 Å². The Hall–Kier alpha value is -2.05. The molecule has 0 spiro atoms. The first kappa shape index (κ1) is 12.0. The minimum atomic E-state index is 0.229. The number of benzene rings is 1. The van der Waals surface area contributed by atoms with Gasteiger partial charge in [0.05, 0.1) is 0 Å². The van der Waals surface area contributed by atoms with Gasteiger partial charge in [0, 0.05) is 22.8 Å². The van der Waals surface area contributed by atoms with E-state index < -0.39 is 0 Å². The van der Waals surface area contributed by atoms with Crippen molar-refractivity contribution in [2.75, 3.05) is 5.32 Å². The summed E-state index contributed by atoms with van der Waals surface area (Å²) in [5, 5.41) is 6.46. The Morgan fingerprint density at radius 3 is 2.89 bits per heavy atom. The van der Waals surface area contributed by atoms with Crippen LogP contribution in [0.4, 0.5) is 11.5 Å². The van der Waals surface area contributed by atoms with Crippen LogP contribution in [0.15, 0.2) is 42.0 Å². The van der Waals surface area contributed by atoms with Gasteiger partial charge in [0.2, 0.25) is 0 Å². The Morgan fingerprint density at radius 1 is 1.21 bits per heavy atom. The van der Waals surface area contributed by atoms with Crippen molar-refractivity contribution in [1.29, 1.82) is 0 Å². The lowest BCUT2D eigenvalue weighted by molar-refractivity contribution is 1.18. The van der Waals surface area contributed by atoms with Crippen LogP contribution >= 0.6 is 23.6 Å². The van der Waals surface area contributed by atoms with Crippen LogP contribution in [0, 0.1) is 0 Å². The molecule has 0 unspecified atom stereocenters. The minimum Gasteiger partial charge on any atom is -0.388 e. The van der Waals surface area contributed by atoms with Crippen LogP contribution in [-0.4, -0.2) is 15.0 Å². The van der Waals surface area contributed by atoms with Gasteiger partial charge in [0.1, 0.15) is 10.7 Å². The summed E-state index contributed by atoms with van der Waals surface area (Å²) < 4.78 is 1.25. The lowest BCUT2D eigenvalue weighted by Gasteiger charge is -2.08. The Morgan fingerprint density at radius 2 is 2.05 bits per heavy atom. The van der Waals surface area contributed by atoms with E-state index in [2.05, 4.69) is 38.9 Å². The van der Waals surface area contributed by atoms with E-state index in [1.165, 1.54) is 10.1 Å². The number of nitrogens with one attached hydrogen (secondary N) is 1. The Balaban J connectivity index is 1.98. The molecule has 4 nitrogen and oxygen atoms in total. The van der Waals surface area contributed by atoms with E-state index in [-0.39, 0.29) is 4.99 Å². The van der Waals surface area contributed by atoms with Crippen LogP contribution in [0.1, 0.15) is 5.69 Å². The van der Waals surface area contributed by atoms with E-state index in [1.54, 1.807) is 23.7 Å². The van der Waals surface area contributed by atoms with Crippen molar-refractivity contribution in [3.63, 3.8) is 0 Å². The molecule has 94 valence electrons. The summed E-state index contributed by atoms with van der Waals surface area (Å²) >= 11 is 6.68. The monoisotopic (exact) mass is 286 g/mol. The van der Waals surface area contributed by atoms with Crippen molar-refractivity contribution in [3.05, 3.63) is 47.7 Å². The molecular formula is C13H10N4S2. The average molecular weight is 286 g/mol. The predicted octanol–water partition coefficient (Wildman–Crippen LogP) is 3.07. The maximum atomic E-state index is 5.63. The molecule has 0 saturated heterocycles. The van der Waals surface area contributed by atoms with Crippen LogP contribution in [0.2, 0.25) is 0 Å². The second-order valence-electron chi connectivity index (χ2n) is 3.92. The number of nitrogens with two attached hydrogens (primary N) is 1. The smallest absolute Gasteiger partial charge is 0.159 e. The summed E-state index contributed by atoms with van der Waals surface area (Å²) in [5.41, 5.74) is 7.07. The summed E-state index contributed by atoms with van der Waals surface area (Å²) in [4.78, 5) is 8.59. The van der Waals surface area contributed by atoms with Gasteiger partial charge < -0.3 is 11.1 Å². The van der Waals surface area contributed by atoms with Crippen molar-refractivity contribution in [1.82, 2.24) is 9.97 Å². The third kappa shape index (κ3) is 2.40. The first-order valence-electron chi connectivity index (χ1n) is 5.59. The molecule has 19 heavy (non-hydrogen) atoms. The molecule has 3 aromatic rings. The molecule has 0 aliphatic rings. The number of nitrogens with zero attached hydrogens (tertiary/aromatic N) is 2. The highest BCUT2D eigenvalue weighted by Crippen LogP contribution is 2.26. The molecule has 0 amide bonds. The molecule has 0 fully saturated rings. The molecule has 0 bridgehead atoms. The first-order valence-corrected chi connectivity index (χ1v) is 6.88. The predicted molar refractivity (Wildman–Crippen MR) is 83.0 cm³/mol. The second kappa shape index (κ2) is 4.91. The van der Waals surface area contributed by atoms with Crippen molar-refractivity contribution >= 4 is 50.1 Å². The minimum absolute atomic E-state index is 0.229. The van der Waals surface area contributed by atoms with Crippen LogP contribution in [0.3, 0.4) is 0 Å². The first-order chi connectivity index (χ1) is 9.24. The molecule has 0 saturated carbocycles. The number of thiocarbonyl (C=S) groups is 1. The Kier molecular flexibility index (Phi) is 3.10. The van der Waals surface area contributed by atoms with Gasteiger partial charge >= 0.3 is 0 Å². The SMILES string of the molecule is NC(=S)c1nccnc1Nc1ccc2sccc2c1. The number of fused-ring (bicyclic) bond motifs is 1. The molecule has 3 N–H and O–H groups in total. The standard InChI is InChI=1S/C13H10N4S2/c14-12(18)11-13(16-5-4-15-11)17-9-1-2-10-8(7-9)3-6-19-10/h1-7H,(H2,14,18)(H,16,17). The number of hydrogen-bond donors (Lipinski definition) is 2. The van der Waals surface area contributed by atoms with Crippen molar-refractivity contribution in [3.8, 4) is 0 Å². The van der Waals surface area contributed by atoms with Crippen LogP contribution in [0.5, 0.6) is 0 Å². The quantitative estimate of drug-likeness (QED) is 0.724. The lowest BCUT2D eigenvalue weighted by Crippen LogP contribution is -2.14. The zero-order valence-electron chi connectivity index (χ0n) is 9.83. The van der Waals surface area contributed by atoms with Gasteiger partial charge in [-0.3, -0.25) is 0 Å². The maximum Gasteiger partial charge on any atom is 0.159 e. The van der Waals surface area contributed by atoms with Crippen molar-refractivity contribution in [2.24, 2.45) is 5.73 Å².